The highest BCUT2D eigenvalue weighted by Crippen LogP contribution is 2.19. The molecule has 25 heavy (non-hydrogen) atoms. The number of rotatable bonds is 8. The van der Waals surface area contributed by atoms with E-state index in [0.29, 0.717) is 13.2 Å². The summed E-state index contributed by atoms with van der Waals surface area (Å²) in [5.74, 6) is 0. The number of carbonyl (C=O) groups is 1. The Morgan fingerprint density at radius 3 is 2.08 bits per heavy atom. The Labute approximate surface area is 156 Å². The Morgan fingerprint density at radius 1 is 1.00 bits per heavy atom. The van der Waals surface area contributed by atoms with Crippen molar-refractivity contribution in [2.24, 2.45) is 0 Å². The summed E-state index contributed by atoms with van der Waals surface area (Å²) in [4.78, 5) is 11.3. The number of allylic oxidation sites excluding steroid dienone is 2. The highest BCUT2D eigenvalue weighted by Gasteiger charge is 2.23. The Balaban J connectivity index is 0. The van der Waals surface area contributed by atoms with Crippen molar-refractivity contribution in [3.05, 3.63) is 12.2 Å². The van der Waals surface area contributed by atoms with Crippen LogP contribution in [0.1, 0.15) is 92.9 Å². The van der Waals surface area contributed by atoms with E-state index in [4.69, 9.17) is 14.2 Å². The number of carbonyl (C=O) groups excluding carboxylic acids is 1. The van der Waals surface area contributed by atoms with Gasteiger partial charge in [-0.2, -0.15) is 0 Å². The lowest BCUT2D eigenvalue weighted by Crippen LogP contribution is -2.19. The van der Waals surface area contributed by atoms with Crippen molar-refractivity contribution < 1.29 is 19.0 Å². The zero-order valence-electron chi connectivity index (χ0n) is 17.5. The van der Waals surface area contributed by atoms with Gasteiger partial charge in [-0.05, 0) is 40.0 Å². The van der Waals surface area contributed by atoms with E-state index in [-0.39, 0.29) is 12.2 Å². The molecule has 0 aliphatic carbocycles. The van der Waals surface area contributed by atoms with Crippen molar-refractivity contribution in [1.82, 2.24) is 0 Å². The van der Waals surface area contributed by atoms with E-state index in [0.717, 1.165) is 25.7 Å². The van der Waals surface area contributed by atoms with Crippen LogP contribution in [0.4, 0.5) is 4.79 Å². The van der Waals surface area contributed by atoms with E-state index >= 15 is 0 Å². The predicted octanol–water partition coefficient (Wildman–Crippen LogP) is 6.68. The summed E-state index contributed by atoms with van der Waals surface area (Å²) in [5, 5.41) is 0. The first-order valence-electron chi connectivity index (χ1n) is 10.1. The van der Waals surface area contributed by atoms with Crippen molar-refractivity contribution in [3.8, 4) is 0 Å². The van der Waals surface area contributed by atoms with Gasteiger partial charge in [-0.25, -0.2) is 4.79 Å². The van der Waals surface area contributed by atoms with Crippen LogP contribution in [0.3, 0.4) is 0 Å². The molecule has 2 unspecified atom stereocenters. The number of hydrogen-bond donors (Lipinski definition) is 0. The molecule has 0 aromatic heterocycles. The molecule has 1 aliphatic heterocycles. The summed E-state index contributed by atoms with van der Waals surface area (Å²) in [6.07, 6.45) is 12.8. The molecule has 150 valence electrons. The van der Waals surface area contributed by atoms with E-state index < -0.39 is 6.16 Å². The van der Waals surface area contributed by atoms with Gasteiger partial charge in [0.1, 0.15) is 6.61 Å². The van der Waals surface area contributed by atoms with E-state index in [1.165, 1.54) is 25.7 Å². The second kappa shape index (κ2) is 21.0. The molecule has 0 aromatic rings. The number of ether oxygens (including phenoxy) is 3. The van der Waals surface area contributed by atoms with Crippen molar-refractivity contribution >= 4 is 6.16 Å². The predicted molar refractivity (Wildman–Crippen MR) is 106 cm³/mol. The van der Waals surface area contributed by atoms with Gasteiger partial charge in [0.05, 0.1) is 18.8 Å². The number of unbranched alkanes of at least 4 members (excludes halogenated alkanes) is 4. The Kier molecular flexibility index (Phi) is 22.0. The summed E-state index contributed by atoms with van der Waals surface area (Å²) >= 11 is 0. The Morgan fingerprint density at radius 2 is 1.60 bits per heavy atom. The van der Waals surface area contributed by atoms with Gasteiger partial charge >= 0.3 is 6.16 Å². The van der Waals surface area contributed by atoms with Gasteiger partial charge < -0.3 is 14.2 Å². The van der Waals surface area contributed by atoms with Gasteiger partial charge in [-0.1, -0.05) is 65.0 Å². The minimum Gasteiger partial charge on any atom is -0.434 e. The first-order valence-corrected chi connectivity index (χ1v) is 10.1. The SMILES string of the molecule is C/C=C\C.CCC.CCCCCCCOC(=O)OCC1CCC(C)O1. The van der Waals surface area contributed by atoms with Gasteiger partial charge in [0.2, 0.25) is 0 Å². The summed E-state index contributed by atoms with van der Waals surface area (Å²) in [6, 6.07) is 0. The van der Waals surface area contributed by atoms with Crippen LogP contribution in [0.2, 0.25) is 0 Å². The lowest BCUT2D eigenvalue weighted by atomic mass is 10.2. The highest BCUT2D eigenvalue weighted by atomic mass is 16.7. The Bertz CT molecular complexity index is 298. The van der Waals surface area contributed by atoms with Crippen LogP contribution in [0.5, 0.6) is 0 Å². The topological polar surface area (TPSA) is 44.8 Å². The quantitative estimate of drug-likeness (QED) is 0.276. The highest BCUT2D eigenvalue weighted by molar-refractivity contribution is 5.59. The molecule has 0 N–H and O–H groups in total. The van der Waals surface area contributed by atoms with Crippen LogP contribution in [0, 0.1) is 0 Å². The Hall–Kier alpha value is -1.03. The monoisotopic (exact) mass is 358 g/mol. The minimum absolute atomic E-state index is 0.0529. The van der Waals surface area contributed by atoms with Crippen LogP contribution >= 0.6 is 0 Å². The standard InChI is InChI=1S/C14H26O4.C4H8.C3H8/c1-3-4-5-6-7-10-16-14(15)17-11-13-9-8-12(2)18-13;1-3-4-2;1-3-2/h12-13H,3-11H2,1-2H3;3-4H,1-2H3;3H2,1-2H3/b;4-3-;. The molecule has 1 aliphatic rings. The van der Waals surface area contributed by atoms with Crippen molar-refractivity contribution in [1.29, 1.82) is 0 Å². The largest absolute Gasteiger partial charge is 0.508 e. The molecule has 0 radical (unpaired) electrons. The molecule has 0 saturated carbocycles. The summed E-state index contributed by atoms with van der Waals surface area (Å²) in [5.41, 5.74) is 0. The van der Waals surface area contributed by atoms with Crippen LogP contribution in [0.15, 0.2) is 12.2 Å². The van der Waals surface area contributed by atoms with Gasteiger partial charge in [0.15, 0.2) is 0 Å². The first kappa shape index (κ1) is 26.2. The fourth-order valence-corrected chi connectivity index (χ4v) is 2.07. The van der Waals surface area contributed by atoms with E-state index in [2.05, 4.69) is 20.8 Å². The van der Waals surface area contributed by atoms with Crippen LogP contribution < -0.4 is 0 Å². The van der Waals surface area contributed by atoms with Gasteiger partial charge in [-0.3, -0.25) is 0 Å². The van der Waals surface area contributed by atoms with Gasteiger partial charge in [-0.15, -0.1) is 0 Å². The third kappa shape index (κ3) is 20.9. The molecule has 1 fully saturated rings. The molecule has 0 amide bonds. The van der Waals surface area contributed by atoms with Gasteiger partial charge in [0.25, 0.3) is 0 Å². The van der Waals surface area contributed by atoms with Crippen LogP contribution in [-0.2, 0) is 14.2 Å². The lowest BCUT2D eigenvalue weighted by Gasteiger charge is -2.11. The molecule has 2 atom stereocenters. The smallest absolute Gasteiger partial charge is 0.434 e. The van der Waals surface area contributed by atoms with Crippen LogP contribution in [-0.4, -0.2) is 31.6 Å². The average Bonchev–Trinajstić information content (AvgIpc) is 3.02. The third-order valence-electron chi connectivity index (χ3n) is 3.51. The summed E-state index contributed by atoms with van der Waals surface area (Å²) < 4.78 is 15.6. The molecule has 1 rings (SSSR count). The summed E-state index contributed by atoms with van der Waals surface area (Å²) in [7, 11) is 0. The minimum atomic E-state index is -0.561. The maximum atomic E-state index is 11.3. The average molecular weight is 359 g/mol. The summed E-state index contributed by atoms with van der Waals surface area (Å²) in [6.45, 7) is 13.2. The molecule has 0 aromatic carbocycles. The fourth-order valence-electron chi connectivity index (χ4n) is 2.07. The van der Waals surface area contributed by atoms with Crippen molar-refractivity contribution in [2.45, 2.75) is 105 Å². The van der Waals surface area contributed by atoms with E-state index in [1.807, 2.05) is 32.9 Å². The first-order chi connectivity index (χ1) is 12.0. The van der Waals surface area contributed by atoms with Crippen molar-refractivity contribution in [3.63, 3.8) is 0 Å². The number of hydrogen-bond acceptors (Lipinski definition) is 4. The zero-order valence-corrected chi connectivity index (χ0v) is 17.5. The molecule has 4 nitrogen and oxygen atoms in total. The maximum absolute atomic E-state index is 11.3. The van der Waals surface area contributed by atoms with E-state index in [9.17, 15) is 4.79 Å². The lowest BCUT2D eigenvalue weighted by molar-refractivity contribution is -0.0109. The maximum Gasteiger partial charge on any atom is 0.508 e. The second-order valence-electron chi connectivity index (χ2n) is 6.34. The molecule has 0 spiro atoms. The van der Waals surface area contributed by atoms with Gasteiger partial charge in [0, 0.05) is 0 Å². The molecular formula is C21H42O4. The van der Waals surface area contributed by atoms with Crippen molar-refractivity contribution in [2.75, 3.05) is 13.2 Å². The molecular weight excluding hydrogens is 316 g/mol. The third-order valence-corrected chi connectivity index (χ3v) is 3.51. The molecule has 0 bridgehead atoms. The zero-order chi connectivity index (χ0) is 19.3. The fraction of sp³-hybridized carbons (Fsp3) is 0.857. The molecule has 1 heterocycles. The molecule has 1 saturated heterocycles. The van der Waals surface area contributed by atoms with E-state index in [1.54, 1.807) is 0 Å². The normalized spacial score (nSPS) is 18.8. The molecule has 4 heteroatoms. The second-order valence-corrected chi connectivity index (χ2v) is 6.34. The van der Waals surface area contributed by atoms with Crippen LogP contribution in [0.25, 0.3) is 0 Å².